The van der Waals surface area contributed by atoms with Gasteiger partial charge in [0, 0.05) is 17.1 Å². The second-order valence-corrected chi connectivity index (χ2v) is 1.37. The molecule has 0 saturated heterocycles. The fourth-order valence-electron chi connectivity index (χ4n) is 0.161. The number of rotatable bonds is 0. The summed E-state index contributed by atoms with van der Waals surface area (Å²) in [7, 11) is 0. The summed E-state index contributed by atoms with van der Waals surface area (Å²) in [4.78, 5) is 0. The van der Waals surface area contributed by atoms with E-state index in [4.69, 9.17) is 24.0 Å². The zero-order chi connectivity index (χ0) is 16.6. The van der Waals surface area contributed by atoms with Gasteiger partial charge in [0.05, 0.1) is 0 Å². The Morgan fingerprint density at radius 3 is 0.737 bits per heavy atom. The summed E-state index contributed by atoms with van der Waals surface area (Å²) in [5.74, 6) is 0. The third-order valence-electron chi connectivity index (χ3n) is 0.567. The number of hydrogen-bond acceptors (Lipinski definition) is 1. The average Bonchev–Trinajstić information content (AvgIpc) is 2.36. The normalized spacial score (nSPS) is 7.47. The predicted octanol–water partition coefficient (Wildman–Crippen LogP) is 1.98. The van der Waals surface area contributed by atoms with Crippen LogP contribution in [0.25, 0.3) is 0 Å². The van der Waals surface area contributed by atoms with Crippen molar-refractivity contribution in [2.45, 2.75) is 12.4 Å². The second-order valence-electron chi connectivity index (χ2n) is 1.37. The van der Waals surface area contributed by atoms with Crippen LogP contribution in [0.5, 0.6) is 0 Å². The first kappa shape index (κ1) is 36.1. The number of nitrogens with one attached hydrogen (secondary N) is 1. The van der Waals surface area contributed by atoms with Gasteiger partial charge in [-0.2, -0.15) is 26.3 Å². The van der Waals surface area contributed by atoms with E-state index in [0.717, 1.165) is 0 Å². The molecule has 0 rings (SSSR count). The first-order valence-electron chi connectivity index (χ1n) is 2.70. The Labute approximate surface area is 113 Å². The van der Waals surface area contributed by atoms with Gasteiger partial charge in [-0.15, -0.1) is 0 Å². The molecular formula is C7HF6FeNO4. The van der Waals surface area contributed by atoms with Gasteiger partial charge >= 0.3 is 57.6 Å². The second kappa shape index (κ2) is 22.0. The molecule has 0 radical (unpaired) electrons. The standard InChI is InChI=1S/C3HF6N.4CO.Fe/c4-2(5,6)1(10)3(7,8)9;4*1-2;/h10H;;;;;. The van der Waals surface area contributed by atoms with E-state index in [2.05, 4.69) is 26.6 Å². The van der Waals surface area contributed by atoms with Gasteiger partial charge in [0.2, 0.25) is 5.71 Å². The van der Waals surface area contributed by atoms with E-state index in [0.29, 0.717) is 0 Å². The van der Waals surface area contributed by atoms with Crippen molar-refractivity contribution in [1.82, 2.24) is 0 Å². The monoisotopic (exact) mass is 333 g/mol. The van der Waals surface area contributed by atoms with Gasteiger partial charge in [-0.1, -0.05) is 0 Å². The van der Waals surface area contributed by atoms with Crippen molar-refractivity contribution < 1.29 is 62.0 Å². The molecule has 0 aromatic heterocycles. The molecule has 0 aliphatic rings. The largest absolute Gasteiger partial charge is 0 e. The first-order chi connectivity index (χ1) is 8.15. The molecule has 0 bridgehead atoms. The van der Waals surface area contributed by atoms with E-state index in [9.17, 15) is 26.3 Å². The van der Waals surface area contributed by atoms with E-state index in [1.54, 1.807) is 0 Å². The summed E-state index contributed by atoms with van der Waals surface area (Å²) in [5, 5.41) is 5.54. The summed E-state index contributed by atoms with van der Waals surface area (Å²) < 4.78 is 96.0. The van der Waals surface area contributed by atoms with Gasteiger partial charge in [0.1, 0.15) is 0 Å². The van der Waals surface area contributed by atoms with Crippen LogP contribution in [0.1, 0.15) is 0 Å². The van der Waals surface area contributed by atoms with Crippen LogP contribution in [0.15, 0.2) is 0 Å². The Morgan fingerprint density at radius 1 is 0.632 bits per heavy atom. The molecule has 0 aliphatic carbocycles. The van der Waals surface area contributed by atoms with E-state index in [-0.39, 0.29) is 17.1 Å². The summed E-state index contributed by atoms with van der Waals surface area (Å²) in [6.45, 7) is 18.0. The number of halogens is 6. The molecule has 5 nitrogen and oxygen atoms in total. The molecule has 12 heteroatoms. The summed E-state index contributed by atoms with van der Waals surface area (Å²) in [6.07, 6.45) is -11.2. The predicted molar refractivity (Wildman–Crippen MR) is 35.6 cm³/mol. The SMILES string of the molecule is N=C(C(F)(F)F)C(F)(F)F.[C-]#[O+].[C-]#[O+].[C-]#[O+].[C-]#[O+].[Fe]. The van der Waals surface area contributed by atoms with Crippen LogP contribution >= 0.6 is 0 Å². The van der Waals surface area contributed by atoms with Crippen LogP contribution in [0.3, 0.4) is 0 Å². The third-order valence-corrected chi connectivity index (χ3v) is 0.567. The number of alkyl halides is 6. The molecule has 0 saturated carbocycles. The van der Waals surface area contributed by atoms with Crippen LogP contribution in [-0.2, 0) is 35.7 Å². The van der Waals surface area contributed by atoms with Crippen LogP contribution < -0.4 is 0 Å². The van der Waals surface area contributed by atoms with Gasteiger partial charge in [-0.05, 0) is 0 Å². The molecule has 0 fully saturated rings. The van der Waals surface area contributed by atoms with Crippen molar-refractivity contribution in [2.24, 2.45) is 0 Å². The van der Waals surface area contributed by atoms with Crippen molar-refractivity contribution in [3.8, 4) is 0 Å². The van der Waals surface area contributed by atoms with E-state index in [1.165, 1.54) is 0 Å². The molecular weight excluding hydrogens is 332 g/mol. The average molecular weight is 333 g/mol. The summed E-state index contributed by atoms with van der Waals surface area (Å²) in [6, 6.07) is 0. The molecule has 19 heavy (non-hydrogen) atoms. The van der Waals surface area contributed by atoms with Crippen molar-refractivity contribution in [2.75, 3.05) is 0 Å². The quantitative estimate of drug-likeness (QED) is 0.230. The maximum absolute atomic E-state index is 11.0. The maximum Gasteiger partial charge on any atom is 0 e. The van der Waals surface area contributed by atoms with Crippen LogP contribution in [0.4, 0.5) is 26.3 Å². The molecule has 0 spiro atoms. The Kier molecular flexibility index (Phi) is 41.7. The smallest absolute Gasteiger partial charge is 0 e. The van der Waals surface area contributed by atoms with Gasteiger partial charge in [-0.25, -0.2) is 0 Å². The first-order valence-corrected chi connectivity index (χ1v) is 2.70. The minimum absolute atomic E-state index is 0. The molecule has 108 valence electrons. The van der Waals surface area contributed by atoms with Crippen molar-refractivity contribution in [3.05, 3.63) is 26.6 Å². The summed E-state index contributed by atoms with van der Waals surface area (Å²) in [5.41, 5.74) is -3.18. The van der Waals surface area contributed by atoms with Gasteiger partial charge in [-0.3, -0.25) is 5.41 Å². The molecule has 0 amide bonds. The zero-order valence-electron chi connectivity index (χ0n) is 8.25. The molecule has 0 aromatic rings. The van der Waals surface area contributed by atoms with Crippen LogP contribution in [0, 0.1) is 32.0 Å². The Bertz CT molecular complexity index is 250. The van der Waals surface area contributed by atoms with E-state index >= 15 is 0 Å². The zero-order valence-corrected chi connectivity index (χ0v) is 9.36. The molecule has 1 N–H and O–H groups in total. The molecule has 0 unspecified atom stereocenters. The van der Waals surface area contributed by atoms with Crippen molar-refractivity contribution in [1.29, 1.82) is 5.41 Å². The Morgan fingerprint density at radius 2 is 0.737 bits per heavy atom. The Hall–Kier alpha value is -1.27. The topological polar surface area (TPSA) is 103 Å². The van der Waals surface area contributed by atoms with Crippen LogP contribution in [0.2, 0.25) is 0 Å². The van der Waals surface area contributed by atoms with Gasteiger partial charge in [0.15, 0.2) is 0 Å². The van der Waals surface area contributed by atoms with Crippen molar-refractivity contribution >= 4 is 5.71 Å². The number of hydrogen-bond donors (Lipinski definition) is 1. The minimum atomic E-state index is -5.60. The fraction of sp³-hybridized carbons (Fsp3) is 0.286. The van der Waals surface area contributed by atoms with Gasteiger partial charge < -0.3 is 0 Å². The maximum atomic E-state index is 11.0. The third kappa shape index (κ3) is 31.5. The van der Waals surface area contributed by atoms with Crippen molar-refractivity contribution in [3.63, 3.8) is 0 Å². The minimum Gasteiger partial charge on any atom is 0 e. The summed E-state index contributed by atoms with van der Waals surface area (Å²) >= 11 is 0. The Balaban J connectivity index is -0.0000000401. The molecule has 0 aromatic carbocycles. The molecule has 0 atom stereocenters. The van der Waals surface area contributed by atoms with E-state index in [1.807, 2.05) is 0 Å². The van der Waals surface area contributed by atoms with E-state index < -0.39 is 18.1 Å². The fourth-order valence-corrected chi connectivity index (χ4v) is 0.161. The van der Waals surface area contributed by atoms with Gasteiger partial charge in [0.25, 0.3) is 0 Å². The van der Waals surface area contributed by atoms with Crippen LogP contribution in [-0.4, -0.2) is 18.1 Å². The molecule has 0 aliphatic heterocycles. The molecule has 0 heterocycles.